The molecule has 9 nitrogen and oxygen atoms in total. The predicted molar refractivity (Wildman–Crippen MR) is 117 cm³/mol. The fourth-order valence-electron chi connectivity index (χ4n) is 3.25. The average Bonchev–Trinajstić information content (AvgIpc) is 2.88. The predicted octanol–water partition coefficient (Wildman–Crippen LogP) is 1.22. The van der Waals surface area contributed by atoms with Crippen LogP contribution in [0.5, 0.6) is 0 Å². The van der Waals surface area contributed by atoms with Gasteiger partial charge in [0.15, 0.2) is 0 Å². The van der Waals surface area contributed by atoms with Crippen molar-refractivity contribution in [3.63, 3.8) is 0 Å². The van der Waals surface area contributed by atoms with Gasteiger partial charge in [-0.15, -0.1) is 0 Å². The maximum atomic E-state index is 13.1. The molecule has 1 atom stereocenters. The topological polar surface area (TPSA) is 110 Å². The molecule has 1 N–H and O–H groups in total. The minimum Gasteiger partial charge on any atom is -0.347 e. The van der Waals surface area contributed by atoms with E-state index < -0.39 is 33.0 Å². The molecule has 0 saturated carbocycles. The van der Waals surface area contributed by atoms with Crippen LogP contribution in [-0.2, 0) is 21.2 Å². The first-order valence-corrected chi connectivity index (χ1v) is 11.6. The van der Waals surface area contributed by atoms with Crippen molar-refractivity contribution in [3.05, 3.63) is 34.2 Å². The van der Waals surface area contributed by atoms with Crippen LogP contribution >= 0.6 is 0 Å². The summed E-state index contributed by atoms with van der Waals surface area (Å²) in [5, 5.41) is 2.69. The molecule has 1 aromatic carbocycles. The van der Waals surface area contributed by atoms with Crippen LogP contribution in [0.3, 0.4) is 0 Å². The Morgan fingerprint density at radius 3 is 2.30 bits per heavy atom. The molecule has 0 fully saturated rings. The highest BCUT2D eigenvalue weighted by atomic mass is 32.2. The zero-order chi connectivity index (χ0) is 23.0. The average molecular weight is 439 g/mol. The molecule has 2 amide bonds. The number of aromatic nitrogens is 2. The molecule has 0 spiro atoms. The van der Waals surface area contributed by atoms with E-state index >= 15 is 0 Å². The molecule has 0 radical (unpaired) electrons. The third-order valence-electron chi connectivity index (χ3n) is 4.86. The van der Waals surface area contributed by atoms with Crippen LogP contribution in [0.4, 0.5) is 4.79 Å². The van der Waals surface area contributed by atoms with E-state index in [-0.39, 0.29) is 18.2 Å². The quantitative estimate of drug-likeness (QED) is 0.755. The summed E-state index contributed by atoms with van der Waals surface area (Å²) in [5.41, 5.74) is 0.348. The van der Waals surface area contributed by atoms with Crippen LogP contribution in [0, 0.1) is 12.3 Å². The summed E-state index contributed by atoms with van der Waals surface area (Å²) in [5.74, 6) is -0.521. The second-order valence-electron chi connectivity index (χ2n) is 8.82. The third-order valence-corrected chi connectivity index (χ3v) is 5.78. The van der Waals surface area contributed by atoms with Gasteiger partial charge in [0.05, 0.1) is 16.8 Å². The van der Waals surface area contributed by atoms with Crippen molar-refractivity contribution in [1.29, 1.82) is 0 Å². The number of rotatable bonds is 5. The molecule has 0 aliphatic carbocycles. The summed E-state index contributed by atoms with van der Waals surface area (Å²) in [6, 6.07) is 3.54. The second-order valence-corrected chi connectivity index (χ2v) is 11.1. The van der Waals surface area contributed by atoms with Crippen LogP contribution in [0.15, 0.2) is 23.0 Å². The fourth-order valence-corrected chi connectivity index (χ4v) is 3.76. The van der Waals surface area contributed by atoms with Crippen LogP contribution in [0.1, 0.15) is 26.3 Å². The minimum atomic E-state index is -3.31. The van der Waals surface area contributed by atoms with Crippen molar-refractivity contribution in [2.75, 3.05) is 26.1 Å². The van der Waals surface area contributed by atoms with Gasteiger partial charge in [-0.25, -0.2) is 22.6 Å². The number of fused-ring (bicyclic) bond motifs is 1. The van der Waals surface area contributed by atoms with E-state index in [0.717, 1.165) is 16.4 Å². The van der Waals surface area contributed by atoms with E-state index in [9.17, 15) is 22.8 Å². The van der Waals surface area contributed by atoms with E-state index in [4.69, 9.17) is 0 Å². The number of aryl methyl sites for hydroxylation is 2. The van der Waals surface area contributed by atoms with Crippen molar-refractivity contribution in [1.82, 2.24) is 19.4 Å². The number of sulfone groups is 1. The summed E-state index contributed by atoms with van der Waals surface area (Å²) >= 11 is 0. The molecule has 30 heavy (non-hydrogen) atoms. The fraction of sp³-hybridized carbons (Fsp3) is 0.550. The molecule has 166 valence electrons. The molecule has 10 heteroatoms. The third kappa shape index (κ3) is 4.92. The van der Waals surface area contributed by atoms with Gasteiger partial charge in [-0.3, -0.25) is 9.36 Å². The molecule has 0 aliphatic heterocycles. The van der Waals surface area contributed by atoms with Crippen molar-refractivity contribution in [3.8, 4) is 0 Å². The monoisotopic (exact) mass is 438 g/mol. The molecule has 0 saturated heterocycles. The zero-order valence-electron chi connectivity index (χ0n) is 18.5. The Morgan fingerprint density at radius 2 is 1.80 bits per heavy atom. The molecule has 2 rings (SSSR count). The van der Waals surface area contributed by atoms with E-state index in [1.807, 2.05) is 20.8 Å². The van der Waals surface area contributed by atoms with Gasteiger partial charge in [-0.05, 0) is 24.0 Å². The lowest BCUT2D eigenvalue weighted by molar-refractivity contribution is -0.133. The standard InChI is InChI=1S/C20H30N4O5S/c1-13-9-8-10-14-15(13)23(11-12-30(7,28)29)19(27)24(14)18(26)21-16(20(2,3)4)17(25)22(5)6/h8-10,16H,11-12H2,1-7H3,(H,21,26)/t16-/m0/s1. The molecule has 1 heterocycles. The molecule has 0 unspecified atom stereocenters. The molecular formula is C20H30N4O5S. The second kappa shape index (κ2) is 8.25. The normalized spacial score (nSPS) is 13.3. The van der Waals surface area contributed by atoms with E-state index in [2.05, 4.69) is 5.32 Å². The molecular weight excluding hydrogens is 408 g/mol. The Labute approximate surface area is 176 Å². The first-order valence-electron chi connectivity index (χ1n) is 9.55. The van der Waals surface area contributed by atoms with Crippen LogP contribution in [0.25, 0.3) is 11.0 Å². The first-order chi connectivity index (χ1) is 13.6. The molecule has 1 aromatic heterocycles. The Balaban J connectivity index is 2.60. The maximum Gasteiger partial charge on any atom is 0.337 e. The highest BCUT2D eigenvalue weighted by molar-refractivity contribution is 7.90. The van der Waals surface area contributed by atoms with Crippen LogP contribution in [-0.4, -0.2) is 66.5 Å². The highest BCUT2D eigenvalue weighted by Gasteiger charge is 2.35. The van der Waals surface area contributed by atoms with Crippen molar-refractivity contribution < 1.29 is 18.0 Å². The number of hydrogen-bond acceptors (Lipinski definition) is 5. The largest absolute Gasteiger partial charge is 0.347 e. The first kappa shape index (κ1) is 23.7. The number of amides is 2. The number of imidazole rings is 1. The summed E-state index contributed by atoms with van der Waals surface area (Å²) in [4.78, 5) is 40.3. The Hall–Kier alpha value is -2.62. The Bertz CT molecular complexity index is 1140. The lowest BCUT2D eigenvalue weighted by atomic mass is 9.86. The number of nitrogens with zero attached hydrogens (tertiary/aromatic N) is 3. The van der Waals surface area contributed by atoms with Gasteiger partial charge in [0.1, 0.15) is 15.9 Å². The smallest absolute Gasteiger partial charge is 0.337 e. The van der Waals surface area contributed by atoms with Gasteiger partial charge in [-0.1, -0.05) is 32.9 Å². The number of para-hydroxylation sites is 1. The van der Waals surface area contributed by atoms with Gasteiger partial charge in [0.25, 0.3) is 0 Å². The molecule has 2 aromatic rings. The van der Waals surface area contributed by atoms with E-state index in [1.165, 1.54) is 9.47 Å². The number of benzene rings is 1. The van der Waals surface area contributed by atoms with Crippen molar-refractivity contribution in [2.24, 2.45) is 5.41 Å². The number of likely N-dealkylation sites (N-methyl/N-ethyl adjacent to an activating group) is 1. The van der Waals surface area contributed by atoms with Gasteiger partial charge in [-0.2, -0.15) is 0 Å². The molecule has 0 aliphatic rings. The lowest BCUT2D eigenvalue weighted by Crippen LogP contribution is -2.55. The lowest BCUT2D eigenvalue weighted by Gasteiger charge is -2.32. The van der Waals surface area contributed by atoms with Gasteiger partial charge < -0.3 is 10.2 Å². The van der Waals surface area contributed by atoms with Gasteiger partial charge >= 0.3 is 11.7 Å². The van der Waals surface area contributed by atoms with E-state index in [1.54, 1.807) is 39.2 Å². The number of carbonyl (C=O) groups excluding carboxylic acids is 2. The highest BCUT2D eigenvalue weighted by Crippen LogP contribution is 2.22. The maximum absolute atomic E-state index is 13.1. The SMILES string of the molecule is Cc1cccc2c1n(CCS(C)(=O)=O)c(=O)n2C(=O)N[C@@H](C(=O)N(C)C)C(C)(C)C. The Morgan fingerprint density at radius 1 is 1.20 bits per heavy atom. The van der Waals surface area contributed by atoms with Crippen molar-refractivity contribution >= 4 is 32.8 Å². The summed E-state index contributed by atoms with van der Waals surface area (Å²) in [6.07, 6.45) is 1.09. The van der Waals surface area contributed by atoms with Crippen LogP contribution < -0.4 is 11.0 Å². The van der Waals surface area contributed by atoms with Gasteiger partial charge in [0, 0.05) is 26.9 Å². The summed E-state index contributed by atoms with van der Waals surface area (Å²) in [7, 11) is -0.116. The Kier molecular flexibility index (Phi) is 6.51. The summed E-state index contributed by atoms with van der Waals surface area (Å²) in [6.45, 7) is 7.18. The van der Waals surface area contributed by atoms with E-state index in [0.29, 0.717) is 11.0 Å². The number of carbonyl (C=O) groups is 2. The van der Waals surface area contributed by atoms with Gasteiger partial charge in [0.2, 0.25) is 5.91 Å². The van der Waals surface area contributed by atoms with Crippen molar-refractivity contribution in [2.45, 2.75) is 40.3 Å². The minimum absolute atomic E-state index is 0.0708. The molecule has 0 bridgehead atoms. The summed E-state index contributed by atoms with van der Waals surface area (Å²) < 4.78 is 25.5. The number of nitrogens with one attached hydrogen (secondary N) is 1. The number of hydrogen-bond donors (Lipinski definition) is 1. The van der Waals surface area contributed by atoms with Crippen LogP contribution in [0.2, 0.25) is 0 Å². The zero-order valence-corrected chi connectivity index (χ0v) is 19.3.